The first-order chi connectivity index (χ1) is 7.16. The summed E-state index contributed by atoms with van der Waals surface area (Å²) in [6, 6.07) is 5.61. The van der Waals surface area contributed by atoms with Gasteiger partial charge in [-0.1, -0.05) is 0 Å². The van der Waals surface area contributed by atoms with E-state index in [-0.39, 0.29) is 6.10 Å². The zero-order valence-corrected chi connectivity index (χ0v) is 10.00. The molecule has 0 saturated heterocycles. The van der Waals surface area contributed by atoms with E-state index < -0.39 is 0 Å². The molecule has 15 heavy (non-hydrogen) atoms. The molecular weight excluding hydrogens is 256 g/mol. The van der Waals surface area contributed by atoms with Gasteiger partial charge in [0.1, 0.15) is 0 Å². The number of hydrogen-bond acceptors (Lipinski definition) is 3. The first-order valence-electron chi connectivity index (χ1n) is 5.14. The van der Waals surface area contributed by atoms with E-state index in [1.807, 2.05) is 18.2 Å². The van der Waals surface area contributed by atoms with Crippen LogP contribution in [0.15, 0.2) is 22.7 Å². The Morgan fingerprint density at radius 2 is 2.27 bits per heavy atom. The molecule has 1 atom stereocenters. The Morgan fingerprint density at radius 3 is 2.87 bits per heavy atom. The van der Waals surface area contributed by atoms with Crippen LogP contribution in [0.1, 0.15) is 12.8 Å². The Balaban J connectivity index is 1.92. The summed E-state index contributed by atoms with van der Waals surface area (Å²) in [6.45, 7) is 0.604. The minimum atomic E-state index is -0.227. The maximum Gasteiger partial charge on any atom is 0.0740 e. The molecule has 0 bridgehead atoms. The van der Waals surface area contributed by atoms with Crippen molar-refractivity contribution in [3.63, 3.8) is 0 Å². The molecule has 1 unspecified atom stereocenters. The van der Waals surface area contributed by atoms with Crippen molar-refractivity contribution in [2.75, 3.05) is 17.6 Å². The lowest BCUT2D eigenvalue weighted by atomic mass is 10.2. The average Bonchev–Trinajstić information content (AvgIpc) is 2.99. The van der Waals surface area contributed by atoms with Gasteiger partial charge in [0.25, 0.3) is 0 Å². The fourth-order valence-electron chi connectivity index (χ4n) is 1.54. The van der Waals surface area contributed by atoms with Crippen molar-refractivity contribution < 1.29 is 5.11 Å². The van der Waals surface area contributed by atoms with E-state index in [0.29, 0.717) is 12.5 Å². The van der Waals surface area contributed by atoms with E-state index in [1.165, 1.54) is 0 Å². The van der Waals surface area contributed by atoms with Crippen LogP contribution in [0.4, 0.5) is 11.4 Å². The van der Waals surface area contributed by atoms with Gasteiger partial charge in [0.15, 0.2) is 0 Å². The smallest absolute Gasteiger partial charge is 0.0740 e. The van der Waals surface area contributed by atoms with E-state index in [4.69, 9.17) is 5.73 Å². The number of hydrogen-bond donors (Lipinski definition) is 3. The largest absolute Gasteiger partial charge is 0.399 e. The highest BCUT2D eigenvalue weighted by Gasteiger charge is 2.29. The second kappa shape index (κ2) is 4.41. The zero-order valence-electron chi connectivity index (χ0n) is 8.41. The third-order valence-electron chi connectivity index (χ3n) is 2.66. The molecule has 0 radical (unpaired) electrons. The lowest BCUT2D eigenvalue weighted by molar-refractivity contribution is 0.164. The molecule has 82 valence electrons. The second-order valence-electron chi connectivity index (χ2n) is 4.02. The minimum Gasteiger partial charge on any atom is -0.399 e. The molecule has 0 spiro atoms. The van der Waals surface area contributed by atoms with Crippen LogP contribution in [0.25, 0.3) is 0 Å². The van der Waals surface area contributed by atoms with Gasteiger partial charge in [0.2, 0.25) is 0 Å². The van der Waals surface area contributed by atoms with Gasteiger partial charge in [-0.05, 0) is 52.9 Å². The minimum absolute atomic E-state index is 0.227. The first-order valence-corrected chi connectivity index (χ1v) is 5.93. The number of halogens is 1. The maximum atomic E-state index is 9.69. The third-order valence-corrected chi connectivity index (χ3v) is 3.32. The van der Waals surface area contributed by atoms with Crippen molar-refractivity contribution in [2.24, 2.45) is 5.92 Å². The monoisotopic (exact) mass is 270 g/mol. The molecule has 1 aliphatic carbocycles. The Kier molecular flexibility index (Phi) is 3.17. The number of rotatable bonds is 4. The SMILES string of the molecule is Nc1ccc(NCC(O)C2CC2)c(Br)c1. The molecule has 3 nitrogen and oxygen atoms in total. The summed E-state index contributed by atoms with van der Waals surface area (Å²) in [7, 11) is 0. The molecule has 1 fully saturated rings. The number of nitrogen functional groups attached to an aromatic ring is 1. The number of anilines is 2. The molecule has 1 aliphatic rings. The lowest BCUT2D eigenvalue weighted by Gasteiger charge is -2.13. The van der Waals surface area contributed by atoms with E-state index >= 15 is 0 Å². The number of benzene rings is 1. The lowest BCUT2D eigenvalue weighted by Crippen LogP contribution is -2.21. The van der Waals surface area contributed by atoms with Crippen LogP contribution in [-0.4, -0.2) is 17.8 Å². The van der Waals surface area contributed by atoms with Crippen molar-refractivity contribution in [2.45, 2.75) is 18.9 Å². The Morgan fingerprint density at radius 1 is 1.53 bits per heavy atom. The predicted octanol–water partition coefficient (Wildman–Crippen LogP) is 2.21. The highest BCUT2D eigenvalue weighted by Crippen LogP contribution is 2.33. The number of aliphatic hydroxyl groups excluding tert-OH is 1. The molecule has 0 aromatic heterocycles. The topological polar surface area (TPSA) is 58.3 Å². The summed E-state index contributed by atoms with van der Waals surface area (Å²) in [5.41, 5.74) is 7.34. The summed E-state index contributed by atoms with van der Waals surface area (Å²) >= 11 is 3.43. The number of aliphatic hydroxyl groups is 1. The summed E-state index contributed by atoms with van der Waals surface area (Å²) in [5.74, 6) is 0.505. The number of nitrogens with two attached hydrogens (primary N) is 1. The molecule has 2 rings (SSSR count). The van der Waals surface area contributed by atoms with Gasteiger partial charge in [0.05, 0.1) is 6.10 Å². The normalized spacial score (nSPS) is 17.5. The molecule has 0 aliphatic heterocycles. The maximum absolute atomic E-state index is 9.69. The fourth-order valence-corrected chi connectivity index (χ4v) is 2.07. The van der Waals surface area contributed by atoms with Crippen LogP contribution >= 0.6 is 15.9 Å². The highest BCUT2D eigenvalue weighted by atomic mass is 79.9. The van der Waals surface area contributed by atoms with E-state index in [2.05, 4.69) is 21.2 Å². The summed E-state index contributed by atoms with van der Waals surface area (Å²) in [6.07, 6.45) is 2.09. The molecule has 1 aromatic rings. The van der Waals surface area contributed by atoms with Crippen LogP contribution < -0.4 is 11.1 Å². The highest BCUT2D eigenvalue weighted by molar-refractivity contribution is 9.10. The Labute approximate surface area is 97.8 Å². The van der Waals surface area contributed by atoms with Gasteiger partial charge in [-0.2, -0.15) is 0 Å². The summed E-state index contributed by atoms with van der Waals surface area (Å²) < 4.78 is 0.936. The van der Waals surface area contributed by atoms with Crippen molar-refractivity contribution in [1.82, 2.24) is 0 Å². The molecule has 1 saturated carbocycles. The molecule has 0 amide bonds. The third kappa shape index (κ3) is 2.86. The van der Waals surface area contributed by atoms with Gasteiger partial charge >= 0.3 is 0 Å². The first kappa shape index (κ1) is 10.8. The number of nitrogens with one attached hydrogen (secondary N) is 1. The summed E-state index contributed by atoms with van der Waals surface area (Å²) in [5, 5.41) is 12.9. The Bertz CT molecular complexity index is 352. The predicted molar refractivity (Wildman–Crippen MR) is 65.8 cm³/mol. The van der Waals surface area contributed by atoms with Crippen LogP contribution in [0.2, 0.25) is 0 Å². The molecule has 4 heteroatoms. The van der Waals surface area contributed by atoms with Gasteiger partial charge in [-0.3, -0.25) is 0 Å². The van der Waals surface area contributed by atoms with E-state index in [1.54, 1.807) is 0 Å². The Hall–Kier alpha value is -0.740. The molecular formula is C11H15BrN2O. The molecule has 4 N–H and O–H groups in total. The molecule has 0 heterocycles. The van der Waals surface area contributed by atoms with Gasteiger partial charge in [-0.15, -0.1) is 0 Å². The standard InChI is InChI=1S/C11H15BrN2O/c12-9-5-8(13)3-4-10(9)14-6-11(15)7-1-2-7/h3-5,7,11,14-15H,1-2,6,13H2. The fraction of sp³-hybridized carbons (Fsp3) is 0.455. The van der Waals surface area contributed by atoms with Gasteiger partial charge in [-0.25, -0.2) is 0 Å². The zero-order chi connectivity index (χ0) is 10.8. The quantitative estimate of drug-likeness (QED) is 0.736. The van der Waals surface area contributed by atoms with E-state index in [0.717, 1.165) is 28.7 Å². The second-order valence-corrected chi connectivity index (χ2v) is 4.88. The van der Waals surface area contributed by atoms with Crippen LogP contribution in [-0.2, 0) is 0 Å². The van der Waals surface area contributed by atoms with Crippen molar-refractivity contribution in [3.05, 3.63) is 22.7 Å². The summed E-state index contributed by atoms with van der Waals surface area (Å²) in [4.78, 5) is 0. The van der Waals surface area contributed by atoms with Crippen LogP contribution in [0, 0.1) is 5.92 Å². The van der Waals surface area contributed by atoms with Crippen LogP contribution in [0.3, 0.4) is 0 Å². The van der Waals surface area contributed by atoms with Gasteiger partial charge < -0.3 is 16.2 Å². The molecule has 1 aromatic carbocycles. The van der Waals surface area contributed by atoms with Crippen LogP contribution in [0.5, 0.6) is 0 Å². The van der Waals surface area contributed by atoms with Crippen molar-refractivity contribution in [3.8, 4) is 0 Å². The van der Waals surface area contributed by atoms with Crippen molar-refractivity contribution >= 4 is 27.3 Å². The van der Waals surface area contributed by atoms with Gasteiger partial charge in [0, 0.05) is 22.4 Å². The average molecular weight is 271 g/mol. The van der Waals surface area contributed by atoms with E-state index in [9.17, 15) is 5.11 Å². The van der Waals surface area contributed by atoms with Crippen molar-refractivity contribution in [1.29, 1.82) is 0 Å².